The molecule has 0 aliphatic rings. The predicted molar refractivity (Wildman–Crippen MR) is 84.1 cm³/mol. The predicted octanol–water partition coefficient (Wildman–Crippen LogP) is 2.80. The van der Waals surface area contributed by atoms with Gasteiger partial charge in [0.2, 0.25) is 0 Å². The quantitative estimate of drug-likeness (QED) is 0.917. The lowest BCUT2D eigenvalue weighted by Gasteiger charge is -2.19. The monoisotopic (exact) mass is 285 g/mol. The van der Waals surface area contributed by atoms with Crippen molar-refractivity contribution in [2.24, 2.45) is 0 Å². The van der Waals surface area contributed by atoms with Crippen LogP contribution >= 0.6 is 0 Å². The molecule has 5 nitrogen and oxygen atoms in total. The number of benzene rings is 1. The summed E-state index contributed by atoms with van der Waals surface area (Å²) in [6, 6.07) is 9.18. The summed E-state index contributed by atoms with van der Waals surface area (Å²) in [5, 5.41) is 3.17. The Balaban J connectivity index is 2.30. The van der Waals surface area contributed by atoms with Gasteiger partial charge in [-0.1, -0.05) is 6.07 Å². The van der Waals surface area contributed by atoms with Crippen molar-refractivity contribution in [2.75, 3.05) is 30.9 Å². The lowest BCUT2D eigenvalue weighted by Crippen LogP contribution is -2.27. The summed E-state index contributed by atoms with van der Waals surface area (Å²) in [4.78, 5) is 18.3. The molecule has 110 valence electrons. The van der Waals surface area contributed by atoms with Gasteiger partial charge in [-0.3, -0.25) is 9.78 Å². The maximum atomic E-state index is 12.6. The normalized spacial score (nSPS) is 10.0. The van der Waals surface area contributed by atoms with Gasteiger partial charge in [0.1, 0.15) is 5.75 Å². The van der Waals surface area contributed by atoms with E-state index in [2.05, 4.69) is 10.3 Å². The van der Waals surface area contributed by atoms with E-state index in [1.165, 1.54) is 0 Å². The molecule has 0 aliphatic heterocycles. The van der Waals surface area contributed by atoms with E-state index in [9.17, 15) is 4.79 Å². The molecule has 0 bridgehead atoms. The number of methoxy groups -OCH3 is 1. The second-order valence-electron chi connectivity index (χ2n) is 4.52. The summed E-state index contributed by atoms with van der Waals surface area (Å²) in [7, 11) is 3.34. The van der Waals surface area contributed by atoms with Crippen molar-refractivity contribution in [3.8, 4) is 5.75 Å². The minimum absolute atomic E-state index is 0.118. The zero-order chi connectivity index (χ0) is 15.2. The lowest BCUT2D eigenvalue weighted by atomic mass is 10.2. The van der Waals surface area contributed by atoms with Crippen LogP contribution in [0, 0.1) is 0 Å². The molecule has 0 fully saturated rings. The van der Waals surface area contributed by atoms with Crippen LogP contribution in [0.3, 0.4) is 0 Å². The van der Waals surface area contributed by atoms with Gasteiger partial charge in [-0.25, -0.2) is 0 Å². The molecular weight excluding hydrogens is 266 g/mol. The molecule has 0 saturated carbocycles. The Morgan fingerprint density at radius 2 is 2.19 bits per heavy atom. The van der Waals surface area contributed by atoms with Crippen LogP contribution in [0.15, 0.2) is 42.7 Å². The van der Waals surface area contributed by atoms with Crippen molar-refractivity contribution < 1.29 is 9.53 Å². The molecule has 1 aromatic heterocycles. The number of rotatable bonds is 5. The van der Waals surface area contributed by atoms with E-state index in [0.29, 0.717) is 11.3 Å². The highest BCUT2D eigenvalue weighted by molar-refractivity contribution is 6.09. The standard InChI is InChI=1S/C16H19N3O2/c1-4-18-15-8-9-17-11-14(15)16(20)19(2)12-6-5-7-13(10-12)21-3/h5-11H,4H2,1-3H3,(H,17,18). The number of aromatic nitrogens is 1. The van der Waals surface area contributed by atoms with Crippen LogP contribution in [0.2, 0.25) is 0 Å². The first-order chi connectivity index (χ1) is 10.2. The highest BCUT2D eigenvalue weighted by Crippen LogP contribution is 2.23. The minimum Gasteiger partial charge on any atom is -0.497 e. The van der Waals surface area contributed by atoms with E-state index in [1.807, 2.05) is 31.2 Å². The highest BCUT2D eigenvalue weighted by Gasteiger charge is 2.17. The third-order valence-electron chi connectivity index (χ3n) is 3.16. The average Bonchev–Trinajstić information content (AvgIpc) is 2.54. The second-order valence-corrected chi connectivity index (χ2v) is 4.52. The van der Waals surface area contributed by atoms with Crippen LogP contribution in [0.5, 0.6) is 5.75 Å². The zero-order valence-corrected chi connectivity index (χ0v) is 12.5. The van der Waals surface area contributed by atoms with Gasteiger partial charge in [-0.05, 0) is 25.1 Å². The number of pyridine rings is 1. The highest BCUT2D eigenvalue weighted by atomic mass is 16.5. The van der Waals surface area contributed by atoms with Crippen LogP contribution in [-0.2, 0) is 0 Å². The van der Waals surface area contributed by atoms with Crippen molar-refractivity contribution in [1.82, 2.24) is 4.98 Å². The van der Waals surface area contributed by atoms with Crippen LogP contribution in [0.1, 0.15) is 17.3 Å². The van der Waals surface area contributed by atoms with Crippen LogP contribution in [0.4, 0.5) is 11.4 Å². The SMILES string of the molecule is CCNc1ccncc1C(=O)N(C)c1cccc(OC)c1. The van der Waals surface area contributed by atoms with Crippen molar-refractivity contribution in [3.63, 3.8) is 0 Å². The number of amides is 1. The summed E-state index contributed by atoms with van der Waals surface area (Å²) in [6.07, 6.45) is 3.25. The largest absolute Gasteiger partial charge is 0.497 e. The van der Waals surface area contributed by atoms with Gasteiger partial charge in [0.15, 0.2) is 0 Å². The number of hydrogen-bond acceptors (Lipinski definition) is 4. The molecular formula is C16H19N3O2. The van der Waals surface area contributed by atoms with E-state index in [0.717, 1.165) is 17.9 Å². The van der Waals surface area contributed by atoms with E-state index in [-0.39, 0.29) is 5.91 Å². The van der Waals surface area contributed by atoms with Gasteiger partial charge in [0.25, 0.3) is 5.91 Å². The topological polar surface area (TPSA) is 54.5 Å². The number of nitrogens with one attached hydrogen (secondary N) is 1. The molecule has 1 N–H and O–H groups in total. The third-order valence-corrected chi connectivity index (χ3v) is 3.16. The first kappa shape index (κ1) is 14.8. The van der Waals surface area contributed by atoms with Gasteiger partial charge in [-0.15, -0.1) is 0 Å². The third kappa shape index (κ3) is 3.31. The fraction of sp³-hybridized carbons (Fsp3) is 0.250. The average molecular weight is 285 g/mol. The van der Waals surface area contributed by atoms with E-state index < -0.39 is 0 Å². The Hall–Kier alpha value is -2.56. The molecule has 0 unspecified atom stereocenters. The Kier molecular flexibility index (Phi) is 4.77. The first-order valence-electron chi connectivity index (χ1n) is 6.77. The maximum absolute atomic E-state index is 12.6. The Bertz CT molecular complexity index is 628. The zero-order valence-electron chi connectivity index (χ0n) is 12.5. The molecule has 0 saturated heterocycles. The molecule has 0 aliphatic carbocycles. The summed E-state index contributed by atoms with van der Waals surface area (Å²) in [5.41, 5.74) is 2.10. The van der Waals surface area contributed by atoms with Crippen LogP contribution < -0.4 is 15.0 Å². The number of nitrogens with zero attached hydrogens (tertiary/aromatic N) is 2. The summed E-state index contributed by atoms with van der Waals surface area (Å²) in [5.74, 6) is 0.595. The summed E-state index contributed by atoms with van der Waals surface area (Å²) < 4.78 is 5.19. The van der Waals surface area contributed by atoms with Gasteiger partial charge in [0.05, 0.1) is 18.4 Å². The van der Waals surface area contributed by atoms with E-state index in [1.54, 1.807) is 37.5 Å². The van der Waals surface area contributed by atoms with Crippen LogP contribution in [-0.4, -0.2) is 31.6 Å². The number of ether oxygens (including phenoxy) is 1. The second kappa shape index (κ2) is 6.74. The number of hydrogen-bond donors (Lipinski definition) is 1. The van der Waals surface area contributed by atoms with Gasteiger partial charge >= 0.3 is 0 Å². The minimum atomic E-state index is -0.118. The van der Waals surface area contributed by atoms with Crippen molar-refractivity contribution >= 4 is 17.3 Å². The van der Waals surface area contributed by atoms with Crippen molar-refractivity contribution in [3.05, 3.63) is 48.3 Å². The molecule has 2 rings (SSSR count). The smallest absolute Gasteiger partial charge is 0.261 e. The van der Waals surface area contributed by atoms with Gasteiger partial charge < -0.3 is 15.0 Å². The Morgan fingerprint density at radius 1 is 1.38 bits per heavy atom. The molecule has 1 amide bonds. The number of carbonyl (C=O) groups excluding carboxylic acids is 1. The van der Waals surface area contributed by atoms with Gasteiger partial charge in [0, 0.05) is 37.7 Å². The fourth-order valence-corrected chi connectivity index (χ4v) is 2.03. The first-order valence-corrected chi connectivity index (χ1v) is 6.77. The molecule has 21 heavy (non-hydrogen) atoms. The summed E-state index contributed by atoms with van der Waals surface area (Å²) in [6.45, 7) is 2.73. The van der Waals surface area contributed by atoms with Crippen molar-refractivity contribution in [2.45, 2.75) is 6.92 Å². The number of carbonyl (C=O) groups is 1. The molecule has 1 heterocycles. The van der Waals surface area contributed by atoms with E-state index in [4.69, 9.17) is 4.74 Å². The maximum Gasteiger partial charge on any atom is 0.261 e. The molecule has 1 aromatic carbocycles. The van der Waals surface area contributed by atoms with Crippen molar-refractivity contribution in [1.29, 1.82) is 0 Å². The van der Waals surface area contributed by atoms with Gasteiger partial charge in [-0.2, -0.15) is 0 Å². The molecule has 0 atom stereocenters. The molecule has 0 radical (unpaired) electrons. The summed E-state index contributed by atoms with van der Waals surface area (Å²) >= 11 is 0. The molecule has 2 aromatic rings. The fourth-order valence-electron chi connectivity index (χ4n) is 2.03. The Morgan fingerprint density at radius 3 is 2.90 bits per heavy atom. The number of anilines is 2. The Labute approximate surface area is 124 Å². The molecule has 5 heteroatoms. The van der Waals surface area contributed by atoms with E-state index >= 15 is 0 Å². The lowest BCUT2D eigenvalue weighted by molar-refractivity contribution is 0.0993. The van der Waals surface area contributed by atoms with Crippen LogP contribution in [0.25, 0.3) is 0 Å². The molecule has 0 spiro atoms.